The highest BCUT2D eigenvalue weighted by Gasteiger charge is 2.22. The average Bonchev–Trinajstić information content (AvgIpc) is 2.94. The van der Waals surface area contributed by atoms with Gasteiger partial charge in [0.15, 0.2) is 0 Å². The van der Waals surface area contributed by atoms with Crippen LogP contribution in [0.4, 0.5) is 16.5 Å². The molecule has 232 valence electrons. The predicted octanol–water partition coefficient (Wildman–Crippen LogP) is 2.42. The van der Waals surface area contributed by atoms with E-state index < -0.39 is 35.4 Å². The summed E-state index contributed by atoms with van der Waals surface area (Å²) in [6.07, 6.45) is -0.951. The van der Waals surface area contributed by atoms with Gasteiger partial charge in [-0.25, -0.2) is 14.4 Å². The number of anilines is 2. The Morgan fingerprint density at radius 2 is 1.88 bits per heavy atom. The number of nitrogens with two attached hydrogens (primary N) is 1. The largest absolute Gasteiger partial charge is 0.497 e. The molecule has 6 N–H and O–H groups in total. The van der Waals surface area contributed by atoms with Crippen molar-refractivity contribution in [3.8, 4) is 5.75 Å². The number of nitrogens with one attached hydrogen (secondary N) is 3. The zero-order valence-corrected chi connectivity index (χ0v) is 24.7. The molecule has 43 heavy (non-hydrogen) atoms. The van der Waals surface area contributed by atoms with Crippen LogP contribution in [0.5, 0.6) is 5.75 Å². The number of carbonyl (C=O) groups excluding carboxylic acids is 2. The van der Waals surface area contributed by atoms with Gasteiger partial charge in [0.1, 0.15) is 23.5 Å². The zero-order chi connectivity index (χ0) is 31.7. The molecule has 0 spiro atoms. The Balaban J connectivity index is 0.000000480. The van der Waals surface area contributed by atoms with E-state index in [0.29, 0.717) is 35.7 Å². The van der Waals surface area contributed by atoms with Crippen LogP contribution >= 0.6 is 0 Å². The molecular weight excluding hydrogens is 562 g/mol. The van der Waals surface area contributed by atoms with Crippen molar-refractivity contribution in [1.82, 2.24) is 10.3 Å². The maximum Gasteiger partial charge on any atom is 0.412 e. The molecule has 1 aliphatic rings. The number of amides is 2. The van der Waals surface area contributed by atoms with E-state index in [2.05, 4.69) is 20.9 Å². The van der Waals surface area contributed by atoms with E-state index in [1.165, 1.54) is 6.07 Å². The number of hydrogen-bond acceptors (Lipinski definition) is 11. The molecule has 1 unspecified atom stereocenters. The fourth-order valence-corrected chi connectivity index (χ4v) is 4.02. The van der Waals surface area contributed by atoms with E-state index in [0.717, 1.165) is 12.1 Å². The second-order valence-electron chi connectivity index (χ2n) is 10.6. The van der Waals surface area contributed by atoms with Crippen LogP contribution in [0.1, 0.15) is 31.9 Å². The summed E-state index contributed by atoms with van der Waals surface area (Å²) < 4.78 is 20.6. The SMILES string of the molecule is COc1ccc(C[C@H](Nc2nc3ccc(NC(=O)OC(C)(C)C)c(C)c3c(=O)o2)C(=O)O)cc1.NC(=O)C1CNCCO1. The number of carboxylic acid groups (broad SMARTS) is 1. The number of methoxy groups -OCH3 is 1. The molecule has 3 aromatic rings. The summed E-state index contributed by atoms with van der Waals surface area (Å²) in [5, 5.41) is 18.1. The van der Waals surface area contributed by atoms with Crippen LogP contribution < -0.4 is 32.0 Å². The fourth-order valence-electron chi connectivity index (χ4n) is 4.02. The minimum atomic E-state index is -1.13. The topological polar surface area (TPSA) is 204 Å². The number of ether oxygens (including phenoxy) is 3. The number of rotatable bonds is 8. The van der Waals surface area contributed by atoms with Gasteiger partial charge in [-0.2, -0.15) is 4.98 Å². The first kappa shape index (κ1) is 32.8. The van der Waals surface area contributed by atoms with E-state index in [4.69, 9.17) is 24.4 Å². The van der Waals surface area contributed by atoms with Crippen LogP contribution in [0.3, 0.4) is 0 Å². The Labute approximate surface area is 247 Å². The van der Waals surface area contributed by atoms with Crippen LogP contribution in [-0.4, -0.2) is 72.6 Å². The Kier molecular flexibility index (Phi) is 11.0. The minimum absolute atomic E-state index is 0.126. The number of primary amides is 1. The van der Waals surface area contributed by atoms with Crippen LogP contribution in [0.2, 0.25) is 0 Å². The lowest BCUT2D eigenvalue weighted by atomic mass is 10.1. The van der Waals surface area contributed by atoms with Gasteiger partial charge in [0.2, 0.25) is 5.91 Å². The van der Waals surface area contributed by atoms with Gasteiger partial charge in [0.05, 0.1) is 24.6 Å². The van der Waals surface area contributed by atoms with Crippen molar-refractivity contribution in [3.05, 3.63) is 57.9 Å². The quantitative estimate of drug-likeness (QED) is 0.253. The summed E-state index contributed by atoms with van der Waals surface area (Å²) in [6.45, 7) is 8.81. The fraction of sp³-hybridized carbons (Fsp3) is 0.414. The van der Waals surface area contributed by atoms with Gasteiger partial charge < -0.3 is 40.1 Å². The van der Waals surface area contributed by atoms with Gasteiger partial charge in [-0.3, -0.25) is 10.1 Å². The van der Waals surface area contributed by atoms with Gasteiger partial charge >= 0.3 is 17.7 Å². The summed E-state index contributed by atoms with van der Waals surface area (Å²) in [6, 6.07) is 8.79. The monoisotopic (exact) mass is 599 g/mol. The van der Waals surface area contributed by atoms with Gasteiger partial charge in [0, 0.05) is 25.2 Å². The summed E-state index contributed by atoms with van der Waals surface area (Å²) in [5.41, 5.74) is 5.43. The first-order chi connectivity index (χ1) is 20.3. The van der Waals surface area contributed by atoms with Gasteiger partial charge in [0.25, 0.3) is 6.01 Å². The number of nitrogens with zero attached hydrogens (tertiary/aromatic N) is 1. The van der Waals surface area contributed by atoms with Gasteiger partial charge in [-0.05, 0) is 63.1 Å². The van der Waals surface area contributed by atoms with E-state index in [9.17, 15) is 24.3 Å². The summed E-state index contributed by atoms with van der Waals surface area (Å²) in [7, 11) is 1.54. The van der Waals surface area contributed by atoms with E-state index in [-0.39, 0.29) is 23.7 Å². The minimum Gasteiger partial charge on any atom is -0.497 e. The zero-order valence-electron chi connectivity index (χ0n) is 24.7. The van der Waals surface area contributed by atoms with Crippen molar-refractivity contribution < 1.29 is 38.1 Å². The molecule has 14 heteroatoms. The Morgan fingerprint density at radius 3 is 2.42 bits per heavy atom. The molecule has 2 heterocycles. The third kappa shape index (κ3) is 9.68. The molecule has 14 nitrogen and oxygen atoms in total. The third-order valence-electron chi connectivity index (χ3n) is 6.13. The smallest absolute Gasteiger partial charge is 0.412 e. The van der Waals surface area contributed by atoms with E-state index >= 15 is 0 Å². The number of carbonyl (C=O) groups is 3. The van der Waals surface area contributed by atoms with Crippen LogP contribution in [0.15, 0.2) is 45.6 Å². The van der Waals surface area contributed by atoms with Crippen molar-refractivity contribution in [3.63, 3.8) is 0 Å². The van der Waals surface area contributed by atoms with Crippen molar-refractivity contribution in [2.45, 2.75) is 51.9 Å². The lowest BCUT2D eigenvalue weighted by Gasteiger charge is -2.20. The first-order valence-electron chi connectivity index (χ1n) is 13.5. The summed E-state index contributed by atoms with van der Waals surface area (Å²) >= 11 is 0. The molecule has 2 aromatic carbocycles. The van der Waals surface area contributed by atoms with Crippen LogP contribution in [-0.2, 0) is 25.5 Å². The average molecular weight is 600 g/mol. The molecule has 0 aliphatic carbocycles. The highest BCUT2D eigenvalue weighted by molar-refractivity contribution is 5.93. The number of hydrogen-bond donors (Lipinski definition) is 5. The maximum absolute atomic E-state index is 12.7. The van der Waals surface area contributed by atoms with Crippen LogP contribution in [0, 0.1) is 6.92 Å². The van der Waals surface area contributed by atoms with E-state index in [1.54, 1.807) is 65.1 Å². The van der Waals surface area contributed by atoms with E-state index in [1.807, 2.05) is 0 Å². The number of aromatic nitrogens is 1. The second-order valence-corrected chi connectivity index (χ2v) is 10.6. The summed E-state index contributed by atoms with van der Waals surface area (Å²) in [5.74, 6) is -0.864. The Morgan fingerprint density at radius 1 is 1.19 bits per heavy atom. The highest BCUT2D eigenvalue weighted by Crippen LogP contribution is 2.24. The molecule has 2 atom stereocenters. The third-order valence-corrected chi connectivity index (χ3v) is 6.13. The summed E-state index contributed by atoms with van der Waals surface area (Å²) in [4.78, 5) is 51.3. The number of benzene rings is 2. The number of aliphatic carboxylic acids is 1. The molecule has 4 rings (SSSR count). The molecule has 1 aromatic heterocycles. The van der Waals surface area contributed by atoms with Crippen molar-refractivity contribution in [1.29, 1.82) is 0 Å². The molecular formula is C29H37N5O9. The lowest BCUT2D eigenvalue weighted by molar-refractivity contribution is -0.138. The highest BCUT2D eigenvalue weighted by atomic mass is 16.6. The van der Waals surface area contributed by atoms with Gasteiger partial charge in [-0.15, -0.1) is 0 Å². The second kappa shape index (κ2) is 14.5. The van der Waals surface area contributed by atoms with Crippen LogP contribution in [0.25, 0.3) is 10.9 Å². The first-order valence-corrected chi connectivity index (χ1v) is 13.5. The number of carboxylic acids is 1. The molecule has 2 amide bonds. The number of aryl methyl sites for hydroxylation is 1. The number of fused-ring (bicyclic) bond motifs is 1. The molecule has 1 aliphatic heterocycles. The molecule has 0 saturated carbocycles. The lowest BCUT2D eigenvalue weighted by Crippen LogP contribution is -2.45. The maximum atomic E-state index is 12.7. The normalized spacial score (nSPS) is 15.4. The predicted molar refractivity (Wildman–Crippen MR) is 158 cm³/mol. The van der Waals surface area contributed by atoms with Gasteiger partial charge in [-0.1, -0.05) is 12.1 Å². The van der Waals surface area contributed by atoms with Crippen molar-refractivity contribution >= 4 is 40.6 Å². The Bertz CT molecular complexity index is 1490. The molecule has 1 fully saturated rings. The van der Waals surface area contributed by atoms with Crippen molar-refractivity contribution in [2.75, 3.05) is 37.4 Å². The molecule has 1 saturated heterocycles. The molecule has 0 bridgehead atoms. The molecule has 0 radical (unpaired) electrons. The van der Waals surface area contributed by atoms with Crippen molar-refractivity contribution in [2.24, 2.45) is 5.73 Å². The Hall–Kier alpha value is -4.69. The standard InChI is InChI=1S/C24H27N3O7.C5H10N2O2/c1-13-16(27-23(31)34-24(2,3)4)10-11-17-19(13)21(30)33-22(25-17)26-18(20(28)29)12-14-6-8-15(32-5)9-7-14;6-5(8)4-3-7-1-2-9-4/h6-11,18H,12H2,1-5H3,(H,25,26)(H,27,31)(H,28,29);4,7H,1-3H2,(H2,6,8)/t18-;/m0./s1. The number of morpholine rings is 1.